The molecule has 33 heavy (non-hydrogen) atoms. The number of benzene rings is 2. The van der Waals surface area contributed by atoms with Crippen LogP contribution >= 0.6 is 0 Å². The minimum Gasteiger partial charge on any atom is -0.480 e. The highest BCUT2D eigenvalue weighted by atomic mass is 19.4. The molecule has 0 aliphatic heterocycles. The second-order valence-corrected chi connectivity index (χ2v) is 7.61. The van der Waals surface area contributed by atoms with Crippen molar-refractivity contribution in [3.8, 4) is 11.1 Å². The molecule has 10 heteroatoms. The van der Waals surface area contributed by atoms with E-state index in [-0.39, 0.29) is 18.9 Å². The van der Waals surface area contributed by atoms with Crippen molar-refractivity contribution in [3.63, 3.8) is 0 Å². The smallest absolute Gasteiger partial charge is 0.407 e. The fourth-order valence-electron chi connectivity index (χ4n) is 3.80. The van der Waals surface area contributed by atoms with Crippen LogP contribution in [0.5, 0.6) is 0 Å². The van der Waals surface area contributed by atoms with Crippen LogP contribution in [0.4, 0.5) is 18.0 Å². The molecule has 0 heterocycles. The fraction of sp³-hybridized carbons (Fsp3) is 0.348. The molecule has 3 rings (SSSR count). The summed E-state index contributed by atoms with van der Waals surface area (Å²) in [4.78, 5) is 35.2. The number of rotatable bonds is 8. The van der Waals surface area contributed by atoms with Crippen molar-refractivity contribution in [3.05, 3.63) is 59.7 Å². The normalized spacial score (nSPS) is 14.5. The molecule has 0 saturated carbocycles. The molecule has 2 aromatic carbocycles. The molecule has 2 aromatic rings. The lowest BCUT2D eigenvalue weighted by Crippen LogP contribution is -2.50. The van der Waals surface area contributed by atoms with Crippen LogP contribution in [-0.4, -0.2) is 48.4 Å². The number of alkyl halides is 3. The summed E-state index contributed by atoms with van der Waals surface area (Å²) in [6.07, 6.45) is -6.19. The van der Waals surface area contributed by atoms with E-state index in [1.54, 1.807) is 0 Å². The molecule has 0 bridgehead atoms. The SMILES string of the molecule is CC[C@@H](NC(=O)C(CNC(=O)OCC1c2ccccc2-c2ccccc21)C(F)(F)F)C(=O)O. The maximum absolute atomic E-state index is 13.3. The van der Waals surface area contributed by atoms with Crippen molar-refractivity contribution in [1.29, 1.82) is 0 Å². The van der Waals surface area contributed by atoms with Gasteiger partial charge < -0.3 is 20.5 Å². The molecule has 1 aliphatic rings. The van der Waals surface area contributed by atoms with Crippen molar-refractivity contribution in [2.75, 3.05) is 13.2 Å². The summed E-state index contributed by atoms with van der Waals surface area (Å²) in [6, 6.07) is 13.7. The highest BCUT2D eigenvalue weighted by Crippen LogP contribution is 2.44. The van der Waals surface area contributed by atoms with Crippen LogP contribution in [0.25, 0.3) is 11.1 Å². The fourth-order valence-corrected chi connectivity index (χ4v) is 3.80. The van der Waals surface area contributed by atoms with Gasteiger partial charge in [-0.1, -0.05) is 55.5 Å². The first-order valence-corrected chi connectivity index (χ1v) is 10.3. The number of amides is 2. The van der Waals surface area contributed by atoms with Crippen LogP contribution in [0, 0.1) is 5.92 Å². The number of carboxylic acids is 1. The molecule has 2 atom stereocenters. The lowest BCUT2D eigenvalue weighted by molar-refractivity contribution is -0.182. The number of ether oxygens (including phenoxy) is 1. The average molecular weight is 464 g/mol. The summed E-state index contributed by atoms with van der Waals surface area (Å²) in [6.45, 7) is 0.234. The van der Waals surface area contributed by atoms with Crippen molar-refractivity contribution in [2.45, 2.75) is 31.5 Å². The molecule has 0 spiro atoms. The summed E-state index contributed by atoms with van der Waals surface area (Å²) < 4.78 is 45.2. The standard InChI is InChI=1S/C23H23F3N2O5/c1-2-19(21(30)31)28-20(29)18(23(24,25)26)11-27-22(32)33-12-17-15-9-5-3-7-13(15)14-8-4-6-10-16(14)17/h3-10,17-19H,2,11-12H2,1H3,(H,27,32)(H,28,29)(H,30,31)/t18?,19-/m1/s1. The van der Waals surface area contributed by atoms with Gasteiger partial charge >= 0.3 is 18.2 Å². The predicted octanol–water partition coefficient (Wildman–Crippen LogP) is 3.68. The van der Waals surface area contributed by atoms with Gasteiger partial charge in [0.15, 0.2) is 5.92 Å². The summed E-state index contributed by atoms with van der Waals surface area (Å²) in [5.74, 6) is -5.87. The second kappa shape index (κ2) is 9.93. The molecular weight excluding hydrogens is 441 g/mol. The lowest BCUT2D eigenvalue weighted by atomic mass is 9.98. The molecule has 7 nitrogen and oxygen atoms in total. The van der Waals surface area contributed by atoms with Crippen molar-refractivity contribution >= 4 is 18.0 Å². The zero-order chi connectivity index (χ0) is 24.2. The minimum atomic E-state index is -4.99. The molecule has 0 aromatic heterocycles. The van der Waals surface area contributed by atoms with Crippen LogP contribution in [0.3, 0.4) is 0 Å². The van der Waals surface area contributed by atoms with Crippen molar-refractivity contribution < 1.29 is 37.4 Å². The first-order valence-electron chi connectivity index (χ1n) is 10.3. The topological polar surface area (TPSA) is 105 Å². The number of fused-ring (bicyclic) bond motifs is 3. The molecule has 1 unspecified atom stereocenters. The monoisotopic (exact) mass is 464 g/mol. The van der Waals surface area contributed by atoms with Crippen LogP contribution in [0.15, 0.2) is 48.5 Å². The van der Waals surface area contributed by atoms with Gasteiger partial charge in [0.1, 0.15) is 12.6 Å². The van der Waals surface area contributed by atoms with Crippen LogP contribution in [0.1, 0.15) is 30.4 Å². The Hall–Kier alpha value is -3.56. The lowest BCUT2D eigenvalue weighted by Gasteiger charge is -2.22. The number of aliphatic carboxylic acids is 1. The molecule has 2 amide bonds. The molecule has 3 N–H and O–H groups in total. The zero-order valence-corrected chi connectivity index (χ0v) is 17.7. The van der Waals surface area contributed by atoms with Crippen molar-refractivity contribution in [2.24, 2.45) is 5.92 Å². The number of carbonyl (C=O) groups is 3. The Morgan fingerprint density at radius 2 is 1.58 bits per heavy atom. The number of halogens is 3. The van der Waals surface area contributed by atoms with Crippen LogP contribution < -0.4 is 10.6 Å². The Morgan fingerprint density at radius 3 is 2.06 bits per heavy atom. The number of alkyl carbamates (subject to hydrolysis) is 1. The van der Waals surface area contributed by atoms with E-state index in [0.717, 1.165) is 22.3 Å². The maximum atomic E-state index is 13.3. The van der Waals surface area contributed by atoms with Gasteiger partial charge in [-0.25, -0.2) is 9.59 Å². The average Bonchev–Trinajstić information content (AvgIpc) is 3.08. The summed E-state index contributed by atoms with van der Waals surface area (Å²) >= 11 is 0. The first kappa shape index (κ1) is 24.1. The zero-order valence-electron chi connectivity index (χ0n) is 17.7. The number of hydrogen-bond donors (Lipinski definition) is 3. The van der Waals surface area contributed by atoms with Gasteiger partial charge in [-0.3, -0.25) is 4.79 Å². The van der Waals surface area contributed by atoms with E-state index in [2.05, 4.69) is 0 Å². The third-order valence-corrected chi connectivity index (χ3v) is 5.53. The summed E-state index contributed by atoms with van der Waals surface area (Å²) in [7, 11) is 0. The number of hydrogen-bond acceptors (Lipinski definition) is 4. The molecule has 0 fully saturated rings. The Bertz CT molecular complexity index is 995. The van der Waals surface area contributed by atoms with Gasteiger partial charge in [-0.15, -0.1) is 0 Å². The van der Waals surface area contributed by atoms with Gasteiger partial charge in [-0.2, -0.15) is 13.2 Å². The van der Waals surface area contributed by atoms with Crippen molar-refractivity contribution in [1.82, 2.24) is 10.6 Å². The maximum Gasteiger partial charge on any atom is 0.407 e. The third kappa shape index (κ3) is 5.44. The van der Waals surface area contributed by atoms with E-state index in [0.29, 0.717) is 0 Å². The van der Waals surface area contributed by atoms with Crippen LogP contribution in [-0.2, 0) is 14.3 Å². The van der Waals surface area contributed by atoms with E-state index >= 15 is 0 Å². The molecule has 0 saturated heterocycles. The molecular formula is C23H23F3N2O5. The summed E-state index contributed by atoms with van der Waals surface area (Å²) in [5.41, 5.74) is 3.89. The van der Waals surface area contributed by atoms with E-state index in [1.165, 1.54) is 6.92 Å². The first-order chi connectivity index (χ1) is 15.6. The van der Waals surface area contributed by atoms with Gasteiger partial charge in [0.05, 0.1) is 0 Å². The van der Waals surface area contributed by atoms with Gasteiger partial charge in [0.2, 0.25) is 5.91 Å². The largest absolute Gasteiger partial charge is 0.480 e. The molecule has 176 valence electrons. The van der Waals surface area contributed by atoms with E-state index < -0.39 is 42.7 Å². The molecule has 1 aliphatic carbocycles. The molecule has 0 radical (unpaired) electrons. The highest BCUT2D eigenvalue weighted by Gasteiger charge is 2.45. The highest BCUT2D eigenvalue weighted by molar-refractivity contribution is 5.86. The van der Waals surface area contributed by atoms with E-state index in [1.807, 2.05) is 59.2 Å². The van der Waals surface area contributed by atoms with Gasteiger partial charge in [0, 0.05) is 12.5 Å². The number of carbonyl (C=O) groups excluding carboxylic acids is 2. The minimum absolute atomic E-state index is 0.0918. The predicted molar refractivity (Wildman–Crippen MR) is 112 cm³/mol. The summed E-state index contributed by atoms with van der Waals surface area (Å²) in [5, 5.41) is 12.8. The Morgan fingerprint density at radius 1 is 1.03 bits per heavy atom. The Balaban J connectivity index is 1.62. The third-order valence-electron chi connectivity index (χ3n) is 5.53. The number of nitrogens with one attached hydrogen (secondary N) is 2. The Labute approximate surface area is 187 Å². The van der Waals surface area contributed by atoms with Crippen LogP contribution in [0.2, 0.25) is 0 Å². The van der Waals surface area contributed by atoms with Gasteiger partial charge in [0.25, 0.3) is 0 Å². The van der Waals surface area contributed by atoms with E-state index in [4.69, 9.17) is 9.84 Å². The Kier molecular flexibility index (Phi) is 7.25. The van der Waals surface area contributed by atoms with Gasteiger partial charge in [-0.05, 0) is 28.7 Å². The van der Waals surface area contributed by atoms with E-state index in [9.17, 15) is 27.6 Å². The second-order valence-electron chi connectivity index (χ2n) is 7.61. The number of carboxylic acid groups (broad SMARTS) is 1. The quantitative estimate of drug-likeness (QED) is 0.553.